The van der Waals surface area contributed by atoms with Crippen LogP contribution in [0.1, 0.15) is 54.4 Å². The van der Waals surface area contributed by atoms with Crippen LogP contribution in [0.5, 0.6) is 0 Å². The van der Waals surface area contributed by atoms with Gasteiger partial charge in [-0.15, -0.1) is 0 Å². The van der Waals surface area contributed by atoms with E-state index in [9.17, 15) is 24.3 Å². The lowest BCUT2D eigenvalue weighted by molar-refractivity contribution is -0.150. The van der Waals surface area contributed by atoms with Gasteiger partial charge in [0.1, 0.15) is 17.7 Å². The summed E-state index contributed by atoms with van der Waals surface area (Å²) in [5.74, 6) is -1.39. The average Bonchev–Trinajstić information content (AvgIpc) is 3.20. The van der Waals surface area contributed by atoms with Crippen molar-refractivity contribution in [2.24, 2.45) is 5.41 Å². The first-order chi connectivity index (χ1) is 15.7. The van der Waals surface area contributed by atoms with Crippen molar-refractivity contribution in [3.8, 4) is 0 Å². The number of pyridine rings is 1. The Morgan fingerprint density at radius 1 is 1.09 bits per heavy atom. The van der Waals surface area contributed by atoms with E-state index in [-0.39, 0.29) is 11.5 Å². The maximum atomic E-state index is 12.8. The number of amides is 2. The van der Waals surface area contributed by atoms with E-state index in [1.807, 2.05) is 51.1 Å². The summed E-state index contributed by atoms with van der Waals surface area (Å²) >= 11 is 0. The van der Waals surface area contributed by atoms with Gasteiger partial charge in [-0.3, -0.25) is 9.59 Å². The monoisotopic (exact) mass is 473 g/mol. The van der Waals surface area contributed by atoms with Crippen LogP contribution < -0.4 is 10.9 Å². The number of para-hydroxylation sites is 1. The van der Waals surface area contributed by atoms with Crippen molar-refractivity contribution in [3.63, 3.8) is 0 Å². The number of hydrogen-bond donors (Lipinski definition) is 3. The molecule has 0 spiro atoms. The zero-order valence-corrected chi connectivity index (χ0v) is 20.7. The third-order valence-corrected chi connectivity index (χ3v) is 5.23. The zero-order chi connectivity index (χ0) is 25.7. The van der Waals surface area contributed by atoms with Gasteiger partial charge in [0.2, 0.25) is 11.5 Å². The highest BCUT2D eigenvalue weighted by Crippen LogP contribution is 2.26. The van der Waals surface area contributed by atoms with Crippen LogP contribution >= 0.6 is 0 Å². The van der Waals surface area contributed by atoms with Gasteiger partial charge in [-0.25, -0.2) is 9.59 Å². The maximum absolute atomic E-state index is 12.8. The Kier molecular flexibility index (Phi) is 8.47. The Hall–Kier alpha value is -3.36. The predicted molar refractivity (Wildman–Crippen MR) is 130 cm³/mol. The molecular formula is C25H35N3O6. The molecule has 3 rings (SSSR count). The molecule has 2 aromatic rings. The topological polar surface area (TPSA) is 129 Å². The van der Waals surface area contributed by atoms with Gasteiger partial charge in [0.05, 0.1) is 0 Å². The van der Waals surface area contributed by atoms with Crippen LogP contribution in [0.3, 0.4) is 0 Å². The van der Waals surface area contributed by atoms with Crippen molar-refractivity contribution in [2.75, 3.05) is 6.54 Å². The largest absolute Gasteiger partial charge is 0.480 e. The second kappa shape index (κ2) is 10.7. The molecule has 0 radical (unpaired) electrons. The van der Waals surface area contributed by atoms with Crippen molar-refractivity contribution in [3.05, 3.63) is 46.8 Å². The minimum absolute atomic E-state index is 0.0521. The molecule has 0 saturated carbocycles. The highest BCUT2D eigenvalue weighted by molar-refractivity contribution is 5.90. The number of carbonyl (C=O) groups is 3. The Bertz CT molecular complexity index is 1080. The minimum Gasteiger partial charge on any atom is -0.480 e. The van der Waals surface area contributed by atoms with Crippen LogP contribution in [0, 0.1) is 5.41 Å². The number of rotatable bonds is 3. The second-order valence-electron chi connectivity index (χ2n) is 10.4. The van der Waals surface area contributed by atoms with Crippen molar-refractivity contribution < 1.29 is 24.2 Å². The molecule has 3 N–H and O–H groups in total. The van der Waals surface area contributed by atoms with Gasteiger partial charge >= 0.3 is 12.1 Å². The fourth-order valence-corrected chi connectivity index (χ4v) is 3.62. The van der Waals surface area contributed by atoms with Crippen LogP contribution in [-0.2, 0) is 14.3 Å². The fourth-order valence-electron chi connectivity index (χ4n) is 3.62. The molecule has 0 aliphatic carbocycles. The molecule has 1 fully saturated rings. The molecule has 2 heterocycles. The van der Waals surface area contributed by atoms with Crippen LogP contribution in [0.4, 0.5) is 4.79 Å². The number of benzene rings is 1. The number of aromatic amines is 1. The van der Waals surface area contributed by atoms with Gasteiger partial charge in [-0.05, 0) is 56.5 Å². The van der Waals surface area contributed by atoms with E-state index in [4.69, 9.17) is 4.74 Å². The summed E-state index contributed by atoms with van der Waals surface area (Å²) in [4.78, 5) is 51.0. The van der Waals surface area contributed by atoms with Crippen LogP contribution in [0.2, 0.25) is 0 Å². The normalized spacial score (nSPS) is 16.9. The number of aromatic nitrogens is 1. The van der Waals surface area contributed by atoms with Crippen molar-refractivity contribution in [1.82, 2.24) is 15.2 Å². The number of carbonyl (C=O) groups excluding carboxylic acids is 2. The summed E-state index contributed by atoms with van der Waals surface area (Å²) < 4.78 is 5.21. The number of carboxylic acid groups (broad SMARTS) is 1. The van der Waals surface area contributed by atoms with Crippen molar-refractivity contribution in [2.45, 2.75) is 72.1 Å². The zero-order valence-electron chi connectivity index (χ0n) is 20.7. The van der Waals surface area contributed by atoms with Gasteiger partial charge < -0.3 is 25.0 Å². The molecule has 2 amide bonds. The van der Waals surface area contributed by atoms with Crippen LogP contribution in [0.15, 0.2) is 41.2 Å². The molecule has 1 aromatic carbocycles. The van der Waals surface area contributed by atoms with E-state index in [1.165, 1.54) is 11.0 Å². The number of alkyl carbamates (subject to hydrolysis) is 1. The summed E-state index contributed by atoms with van der Waals surface area (Å²) in [5.41, 5.74) is -0.407. The van der Waals surface area contributed by atoms with Gasteiger partial charge in [0.25, 0.3) is 0 Å². The summed E-state index contributed by atoms with van der Waals surface area (Å²) in [5, 5.41) is 12.9. The van der Waals surface area contributed by atoms with E-state index in [1.54, 1.807) is 20.8 Å². The number of likely N-dealkylation sites (tertiary alicyclic amines) is 1. The number of aliphatic carboxylic acids is 1. The number of ether oxygens (including phenoxy) is 1. The molecule has 1 saturated heterocycles. The van der Waals surface area contributed by atoms with E-state index in [0.717, 1.165) is 10.9 Å². The third-order valence-electron chi connectivity index (χ3n) is 5.23. The van der Waals surface area contributed by atoms with E-state index in [0.29, 0.717) is 19.4 Å². The van der Waals surface area contributed by atoms with Crippen molar-refractivity contribution >= 4 is 28.9 Å². The Morgan fingerprint density at radius 2 is 1.74 bits per heavy atom. The molecule has 1 aromatic heterocycles. The molecule has 1 unspecified atom stereocenters. The second-order valence-corrected chi connectivity index (χ2v) is 10.4. The molecule has 9 nitrogen and oxygen atoms in total. The van der Waals surface area contributed by atoms with E-state index in [2.05, 4.69) is 10.3 Å². The van der Waals surface area contributed by atoms with Crippen LogP contribution in [-0.4, -0.2) is 57.2 Å². The maximum Gasteiger partial charge on any atom is 0.408 e. The number of hydrogen-bond acceptors (Lipinski definition) is 5. The molecule has 9 heteroatoms. The Morgan fingerprint density at radius 3 is 2.32 bits per heavy atom. The Labute approximate surface area is 199 Å². The summed E-state index contributed by atoms with van der Waals surface area (Å²) in [6, 6.07) is 9.36. The quantitative estimate of drug-likeness (QED) is 0.625. The Balaban J connectivity index is 0.000000305. The summed E-state index contributed by atoms with van der Waals surface area (Å²) in [6.07, 6.45) is 0.396. The van der Waals surface area contributed by atoms with Crippen LogP contribution in [0.25, 0.3) is 10.9 Å². The summed E-state index contributed by atoms with van der Waals surface area (Å²) in [7, 11) is 0. The number of H-pyrrole nitrogens is 1. The lowest BCUT2D eigenvalue weighted by Crippen LogP contribution is -2.57. The van der Waals surface area contributed by atoms with Crippen molar-refractivity contribution in [1.29, 1.82) is 0 Å². The molecule has 34 heavy (non-hydrogen) atoms. The van der Waals surface area contributed by atoms with E-state index < -0.39 is 35.2 Å². The number of nitrogens with one attached hydrogen (secondary N) is 2. The number of fused-ring (bicyclic) bond motifs is 1. The lowest BCUT2D eigenvalue weighted by atomic mass is 9.85. The molecular weight excluding hydrogens is 438 g/mol. The molecule has 0 bridgehead atoms. The standard InChI is InChI=1S/C16H28N2O5.C9H7NO/c1-15(2,3)11(17-14(22)23-16(4,5)6)12(19)18-9-7-8-10(18)13(20)21;11-9-6-5-7-3-1-2-4-8(7)10-9/h10-11H,7-9H2,1-6H3,(H,17,22)(H,20,21);1-6H,(H,10,11)/t10?,11-;/m1./s1. The van der Waals surface area contributed by atoms with Gasteiger partial charge in [-0.2, -0.15) is 0 Å². The third kappa shape index (κ3) is 7.60. The van der Waals surface area contributed by atoms with E-state index >= 15 is 0 Å². The van der Waals surface area contributed by atoms with Gasteiger partial charge in [-0.1, -0.05) is 39.0 Å². The number of nitrogens with zero attached hydrogens (tertiary/aromatic N) is 1. The predicted octanol–water partition coefficient (Wildman–Crippen LogP) is 3.53. The first-order valence-electron chi connectivity index (χ1n) is 11.3. The lowest BCUT2D eigenvalue weighted by Gasteiger charge is -2.35. The first-order valence-corrected chi connectivity index (χ1v) is 11.3. The molecule has 2 atom stereocenters. The first kappa shape index (κ1) is 26.9. The summed E-state index contributed by atoms with van der Waals surface area (Å²) in [6.45, 7) is 11.1. The number of carboxylic acids is 1. The molecule has 1 aliphatic rings. The van der Waals surface area contributed by atoms with Gasteiger partial charge in [0.15, 0.2) is 0 Å². The highest BCUT2D eigenvalue weighted by atomic mass is 16.6. The smallest absolute Gasteiger partial charge is 0.408 e. The SMILES string of the molecule is CC(C)(C)OC(=O)N[C@H](C(=O)N1CCCC1C(=O)O)C(C)(C)C.O=c1ccc2ccccc2[nH]1. The molecule has 186 valence electrons. The fraction of sp³-hybridized carbons (Fsp3) is 0.520. The average molecular weight is 474 g/mol. The molecule has 1 aliphatic heterocycles. The minimum atomic E-state index is -1.01. The highest BCUT2D eigenvalue weighted by Gasteiger charge is 2.42. The van der Waals surface area contributed by atoms with Gasteiger partial charge in [0, 0.05) is 18.1 Å².